The van der Waals surface area contributed by atoms with Gasteiger partial charge in [0.25, 0.3) is 0 Å². The Morgan fingerprint density at radius 2 is 2.25 bits per heavy atom. The van der Waals surface area contributed by atoms with Crippen molar-refractivity contribution in [2.24, 2.45) is 0 Å². The quantitative estimate of drug-likeness (QED) is 0.668. The average molecular weight is 221 g/mol. The SMILES string of the molecule is CCCNCC(=O)NCCc1ccccn1. The van der Waals surface area contributed by atoms with Crippen molar-refractivity contribution in [1.82, 2.24) is 15.6 Å². The van der Waals surface area contributed by atoms with E-state index in [2.05, 4.69) is 22.5 Å². The highest BCUT2D eigenvalue weighted by Gasteiger charge is 1.99. The molecule has 0 fully saturated rings. The van der Waals surface area contributed by atoms with Crippen molar-refractivity contribution in [3.05, 3.63) is 30.1 Å². The zero-order valence-electron chi connectivity index (χ0n) is 9.70. The van der Waals surface area contributed by atoms with Crippen molar-refractivity contribution >= 4 is 5.91 Å². The van der Waals surface area contributed by atoms with Gasteiger partial charge in [-0.05, 0) is 25.1 Å². The van der Waals surface area contributed by atoms with Gasteiger partial charge in [0.05, 0.1) is 6.54 Å². The molecule has 16 heavy (non-hydrogen) atoms. The summed E-state index contributed by atoms with van der Waals surface area (Å²) in [5, 5.41) is 5.90. The summed E-state index contributed by atoms with van der Waals surface area (Å²) in [5.74, 6) is 0.0457. The monoisotopic (exact) mass is 221 g/mol. The number of carbonyl (C=O) groups excluding carboxylic acids is 1. The van der Waals surface area contributed by atoms with E-state index in [-0.39, 0.29) is 5.91 Å². The van der Waals surface area contributed by atoms with Crippen LogP contribution in [0.1, 0.15) is 19.0 Å². The number of nitrogens with one attached hydrogen (secondary N) is 2. The zero-order chi connectivity index (χ0) is 11.6. The zero-order valence-corrected chi connectivity index (χ0v) is 9.70. The molecule has 0 aromatic carbocycles. The van der Waals surface area contributed by atoms with E-state index < -0.39 is 0 Å². The molecule has 0 aliphatic carbocycles. The van der Waals surface area contributed by atoms with Crippen LogP contribution in [0.15, 0.2) is 24.4 Å². The molecule has 0 saturated carbocycles. The Morgan fingerprint density at radius 3 is 2.94 bits per heavy atom. The van der Waals surface area contributed by atoms with Crippen LogP contribution in [0.3, 0.4) is 0 Å². The maximum absolute atomic E-state index is 11.3. The Labute approximate surface area is 96.5 Å². The van der Waals surface area contributed by atoms with Gasteiger partial charge in [-0.3, -0.25) is 9.78 Å². The van der Waals surface area contributed by atoms with Crippen LogP contribution in [0.4, 0.5) is 0 Å². The van der Waals surface area contributed by atoms with E-state index >= 15 is 0 Å². The molecule has 0 saturated heterocycles. The predicted octanol–water partition coefficient (Wildman–Crippen LogP) is 0.740. The molecule has 1 amide bonds. The Kier molecular flexibility index (Phi) is 6.18. The lowest BCUT2D eigenvalue weighted by atomic mass is 10.3. The maximum atomic E-state index is 11.3. The van der Waals surface area contributed by atoms with Gasteiger partial charge in [0, 0.05) is 24.9 Å². The summed E-state index contributed by atoms with van der Waals surface area (Å²) in [5.41, 5.74) is 1.00. The second kappa shape index (κ2) is 7.82. The van der Waals surface area contributed by atoms with Crippen LogP contribution in [-0.4, -0.2) is 30.5 Å². The minimum absolute atomic E-state index is 0.0457. The lowest BCUT2D eigenvalue weighted by Crippen LogP contribution is -2.35. The molecule has 1 aromatic rings. The minimum Gasteiger partial charge on any atom is -0.355 e. The first-order chi connectivity index (χ1) is 7.83. The summed E-state index contributed by atoms with van der Waals surface area (Å²) in [7, 11) is 0. The van der Waals surface area contributed by atoms with Crippen molar-refractivity contribution < 1.29 is 4.79 Å². The summed E-state index contributed by atoms with van der Waals surface area (Å²) in [4.78, 5) is 15.5. The molecule has 0 atom stereocenters. The first kappa shape index (κ1) is 12.6. The third-order valence-electron chi connectivity index (χ3n) is 2.14. The van der Waals surface area contributed by atoms with Gasteiger partial charge in [0.2, 0.25) is 5.91 Å². The molecule has 1 aromatic heterocycles. The molecule has 0 aliphatic heterocycles. The number of nitrogens with zero attached hydrogens (tertiary/aromatic N) is 1. The molecule has 1 heterocycles. The first-order valence-electron chi connectivity index (χ1n) is 5.70. The van der Waals surface area contributed by atoms with Crippen LogP contribution in [-0.2, 0) is 11.2 Å². The van der Waals surface area contributed by atoms with Gasteiger partial charge < -0.3 is 10.6 Å². The Morgan fingerprint density at radius 1 is 1.38 bits per heavy atom. The molecule has 0 unspecified atom stereocenters. The number of carbonyl (C=O) groups is 1. The highest BCUT2D eigenvalue weighted by Crippen LogP contribution is 1.92. The number of pyridine rings is 1. The van der Waals surface area contributed by atoms with Crippen LogP contribution >= 0.6 is 0 Å². The van der Waals surface area contributed by atoms with E-state index in [1.54, 1.807) is 6.20 Å². The summed E-state index contributed by atoms with van der Waals surface area (Å²) in [6.45, 7) is 4.00. The fourth-order valence-corrected chi connectivity index (χ4v) is 1.32. The molecule has 2 N–H and O–H groups in total. The predicted molar refractivity (Wildman–Crippen MR) is 64.1 cm³/mol. The van der Waals surface area contributed by atoms with Crippen LogP contribution in [0.25, 0.3) is 0 Å². The smallest absolute Gasteiger partial charge is 0.233 e. The van der Waals surface area contributed by atoms with Crippen molar-refractivity contribution in [2.75, 3.05) is 19.6 Å². The molecule has 0 aliphatic rings. The fraction of sp³-hybridized carbons (Fsp3) is 0.500. The van der Waals surface area contributed by atoms with Crippen molar-refractivity contribution in [3.8, 4) is 0 Å². The minimum atomic E-state index is 0.0457. The lowest BCUT2D eigenvalue weighted by molar-refractivity contribution is -0.120. The second-order valence-corrected chi connectivity index (χ2v) is 3.60. The van der Waals surface area contributed by atoms with Gasteiger partial charge in [0.1, 0.15) is 0 Å². The van der Waals surface area contributed by atoms with E-state index in [0.29, 0.717) is 13.1 Å². The second-order valence-electron chi connectivity index (χ2n) is 3.60. The van der Waals surface area contributed by atoms with E-state index in [9.17, 15) is 4.79 Å². The number of aromatic nitrogens is 1. The van der Waals surface area contributed by atoms with Crippen LogP contribution in [0.5, 0.6) is 0 Å². The Hall–Kier alpha value is -1.42. The van der Waals surface area contributed by atoms with E-state index in [1.807, 2.05) is 18.2 Å². The summed E-state index contributed by atoms with van der Waals surface area (Å²) in [6, 6.07) is 5.80. The number of hydrogen-bond donors (Lipinski definition) is 2. The van der Waals surface area contributed by atoms with Gasteiger partial charge in [-0.25, -0.2) is 0 Å². The molecule has 4 nitrogen and oxygen atoms in total. The molecule has 4 heteroatoms. The highest BCUT2D eigenvalue weighted by molar-refractivity contribution is 5.77. The highest BCUT2D eigenvalue weighted by atomic mass is 16.1. The fourth-order valence-electron chi connectivity index (χ4n) is 1.32. The largest absolute Gasteiger partial charge is 0.355 e. The van der Waals surface area contributed by atoms with Crippen LogP contribution < -0.4 is 10.6 Å². The van der Waals surface area contributed by atoms with Gasteiger partial charge in [-0.2, -0.15) is 0 Å². The van der Waals surface area contributed by atoms with Gasteiger partial charge in [0.15, 0.2) is 0 Å². The van der Waals surface area contributed by atoms with Crippen LogP contribution in [0.2, 0.25) is 0 Å². The first-order valence-corrected chi connectivity index (χ1v) is 5.70. The van der Waals surface area contributed by atoms with Crippen molar-refractivity contribution in [3.63, 3.8) is 0 Å². The molecule has 0 bridgehead atoms. The molecule has 0 radical (unpaired) electrons. The molecule has 0 spiro atoms. The molecule has 1 rings (SSSR count). The summed E-state index contributed by atoms with van der Waals surface area (Å²) < 4.78 is 0. The Balaban J connectivity index is 2.09. The summed E-state index contributed by atoms with van der Waals surface area (Å²) >= 11 is 0. The molecular formula is C12H19N3O. The van der Waals surface area contributed by atoms with Crippen molar-refractivity contribution in [1.29, 1.82) is 0 Å². The van der Waals surface area contributed by atoms with E-state index in [4.69, 9.17) is 0 Å². The summed E-state index contributed by atoms with van der Waals surface area (Å²) in [6.07, 6.45) is 3.58. The van der Waals surface area contributed by atoms with E-state index in [0.717, 1.165) is 25.1 Å². The number of rotatable bonds is 7. The van der Waals surface area contributed by atoms with Crippen molar-refractivity contribution in [2.45, 2.75) is 19.8 Å². The maximum Gasteiger partial charge on any atom is 0.233 e. The third kappa shape index (κ3) is 5.46. The van der Waals surface area contributed by atoms with Gasteiger partial charge >= 0.3 is 0 Å². The van der Waals surface area contributed by atoms with Gasteiger partial charge in [-0.15, -0.1) is 0 Å². The topological polar surface area (TPSA) is 54.0 Å². The van der Waals surface area contributed by atoms with E-state index in [1.165, 1.54) is 0 Å². The lowest BCUT2D eigenvalue weighted by Gasteiger charge is -2.05. The number of hydrogen-bond acceptors (Lipinski definition) is 3. The average Bonchev–Trinajstić information content (AvgIpc) is 2.31. The van der Waals surface area contributed by atoms with Gasteiger partial charge in [-0.1, -0.05) is 13.0 Å². The molecule has 88 valence electrons. The standard InChI is InChI=1S/C12H19N3O/c1-2-7-13-10-12(16)15-9-6-11-5-3-4-8-14-11/h3-5,8,13H,2,6-7,9-10H2,1H3,(H,15,16). The number of amides is 1. The van der Waals surface area contributed by atoms with Crippen LogP contribution in [0, 0.1) is 0 Å². The Bertz CT molecular complexity index is 300. The normalized spacial score (nSPS) is 10.1. The third-order valence-corrected chi connectivity index (χ3v) is 2.14. The molecular weight excluding hydrogens is 202 g/mol.